The lowest BCUT2D eigenvalue weighted by Gasteiger charge is -2.20. The topological polar surface area (TPSA) is 51.2 Å². The molecule has 6 heteroatoms. The van der Waals surface area contributed by atoms with E-state index in [-0.39, 0.29) is 18.4 Å². The van der Waals surface area contributed by atoms with Gasteiger partial charge in [0, 0.05) is 16.7 Å². The maximum absolute atomic E-state index is 12.5. The first kappa shape index (κ1) is 17.9. The van der Waals surface area contributed by atoms with E-state index < -0.39 is 0 Å². The Hall–Kier alpha value is -1.95. The highest BCUT2D eigenvalue weighted by molar-refractivity contribution is 7.09. The molecule has 0 radical (unpaired) electrons. The highest BCUT2D eigenvalue weighted by Crippen LogP contribution is 2.29. The van der Waals surface area contributed by atoms with Crippen molar-refractivity contribution in [2.75, 3.05) is 13.1 Å². The molecule has 130 valence electrons. The van der Waals surface area contributed by atoms with E-state index in [0.717, 1.165) is 41.7 Å². The monoisotopic (exact) mass is 374 g/mol. The van der Waals surface area contributed by atoms with E-state index in [0.29, 0.717) is 17.4 Å². The van der Waals surface area contributed by atoms with Gasteiger partial charge in [0.15, 0.2) is 5.69 Å². The molecule has 25 heavy (non-hydrogen) atoms. The highest BCUT2D eigenvalue weighted by Gasteiger charge is 2.21. The van der Waals surface area contributed by atoms with Crippen molar-refractivity contribution in [3.05, 3.63) is 58.5 Å². The van der Waals surface area contributed by atoms with Crippen molar-refractivity contribution < 1.29 is 9.53 Å². The first-order valence-electron chi connectivity index (χ1n) is 8.17. The SMILES string of the molecule is Cl.O=C(Oc1cccc2ccccc12)c1csc(C2CCNCC2)n1. The average Bonchev–Trinajstić information content (AvgIpc) is 3.13. The molecule has 2 heterocycles. The number of benzene rings is 2. The van der Waals surface area contributed by atoms with Crippen LogP contribution in [-0.2, 0) is 0 Å². The zero-order valence-electron chi connectivity index (χ0n) is 13.6. The summed E-state index contributed by atoms with van der Waals surface area (Å²) >= 11 is 1.56. The van der Waals surface area contributed by atoms with Gasteiger partial charge in [-0.3, -0.25) is 0 Å². The molecule has 0 amide bonds. The number of nitrogens with zero attached hydrogens (tertiary/aromatic N) is 1. The molecule has 2 aromatic carbocycles. The second-order valence-corrected chi connectivity index (χ2v) is 6.85. The number of halogens is 1. The predicted molar refractivity (Wildman–Crippen MR) is 103 cm³/mol. The fourth-order valence-electron chi connectivity index (χ4n) is 3.07. The van der Waals surface area contributed by atoms with Gasteiger partial charge >= 0.3 is 5.97 Å². The van der Waals surface area contributed by atoms with Crippen LogP contribution < -0.4 is 10.1 Å². The van der Waals surface area contributed by atoms with Crippen molar-refractivity contribution in [3.8, 4) is 5.75 Å². The molecule has 0 atom stereocenters. The number of ether oxygens (including phenoxy) is 1. The van der Waals surface area contributed by atoms with E-state index >= 15 is 0 Å². The number of carbonyl (C=O) groups excluding carboxylic acids is 1. The molecule has 0 aliphatic carbocycles. The van der Waals surface area contributed by atoms with Crippen LogP contribution in [0.25, 0.3) is 10.8 Å². The van der Waals surface area contributed by atoms with E-state index in [1.165, 1.54) is 0 Å². The summed E-state index contributed by atoms with van der Waals surface area (Å²) in [7, 11) is 0. The van der Waals surface area contributed by atoms with Crippen LogP contribution in [0.4, 0.5) is 0 Å². The van der Waals surface area contributed by atoms with Gasteiger partial charge < -0.3 is 10.1 Å². The molecule has 1 N–H and O–H groups in total. The first-order chi connectivity index (χ1) is 11.8. The highest BCUT2D eigenvalue weighted by atomic mass is 35.5. The molecule has 1 aliphatic rings. The van der Waals surface area contributed by atoms with Crippen LogP contribution in [0.15, 0.2) is 47.8 Å². The van der Waals surface area contributed by atoms with Crippen molar-refractivity contribution in [1.29, 1.82) is 0 Å². The minimum atomic E-state index is -0.386. The number of carbonyl (C=O) groups is 1. The third-order valence-electron chi connectivity index (χ3n) is 4.37. The van der Waals surface area contributed by atoms with E-state index in [1.807, 2.05) is 47.8 Å². The summed E-state index contributed by atoms with van der Waals surface area (Å²) in [5.41, 5.74) is 0.404. The molecular formula is C19H19ClN2O2S. The number of aromatic nitrogens is 1. The molecule has 0 bridgehead atoms. The van der Waals surface area contributed by atoms with E-state index in [9.17, 15) is 4.79 Å². The summed E-state index contributed by atoms with van der Waals surface area (Å²) in [5.74, 6) is 0.646. The van der Waals surface area contributed by atoms with Gasteiger partial charge in [-0.05, 0) is 37.4 Å². The van der Waals surface area contributed by atoms with Crippen molar-refractivity contribution in [1.82, 2.24) is 10.3 Å². The number of nitrogens with one attached hydrogen (secondary N) is 1. The lowest BCUT2D eigenvalue weighted by molar-refractivity contribution is 0.0731. The molecule has 0 unspecified atom stereocenters. The Balaban J connectivity index is 0.00000182. The predicted octanol–water partition coefficient (Wildman–Crippen LogP) is 4.40. The van der Waals surface area contributed by atoms with Crippen LogP contribution in [0.5, 0.6) is 5.75 Å². The zero-order chi connectivity index (χ0) is 16.4. The molecular weight excluding hydrogens is 356 g/mol. The Morgan fingerprint density at radius 1 is 1.12 bits per heavy atom. The summed E-state index contributed by atoms with van der Waals surface area (Å²) in [6.07, 6.45) is 2.15. The van der Waals surface area contributed by atoms with Crippen LogP contribution in [0.2, 0.25) is 0 Å². The number of esters is 1. The smallest absolute Gasteiger partial charge is 0.363 e. The van der Waals surface area contributed by atoms with Gasteiger partial charge in [0.05, 0.1) is 5.01 Å². The largest absolute Gasteiger partial charge is 0.421 e. The second kappa shape index (κ2) is 7.95. The third kappa shape index (κ3) is 3.84. The van der Waals surface area contributed by atoms with Crippen molar-refractivity contribution in [3.63, 3.8) is 0 Å². The van der Waals surface area contributed by atoms with Gasteiger partial charge in [0.1, 0.15) is 5.75 Å². The molecule has 0 saturated carbocycles. The molecule has 1 saturated heterocycles. The maximum Gasteiger partial charge on any atom is 0.363 e. The van der Waals surface area contributed by atoms with Crippen molar-refractivity contribution in [2.24, 2.45) is 0 Å². The quantitative estimate of drug-likeness (QED) is 0.545. The Labute approximate surface area is 156 Å². The van der Waals surface area contributed by atoms with Crippen LogP contribution >= 0.6 is 23.7 Å². The zero-order valence-corrected chi connectivity index (χ0v) is 15.2. The molecule has 0 spiro atoms. The van der Waals surface area contributed by atoms with Crippen LogP contribution in [-0.4, -0.2) is 24.0 Å². The maximum atomic E-state index is 12.5. The minimum absolute atomic E-state index is 0. The number of hydrogen-bond donors (Lipinski definition) is 1. The number of piperidine rings is 1. The lowest BCUT2D eigenvalue weighted by Crippen LogP contribution is -2.26. The second-order valence-electron chi connectivity index (χ2n) is 5.96. The lowest BCUT2D eigenvalue weighted by atomic mass is 9.99. The molecule has 3 aromatic rings. The van der Waals surface area contributed by atoms with Gasteiger partial charge in [-0.2, -0.15) is 0 Å². The molecule has 4 nitrogen and oxygen atoms in total. The fourth-order valence-corrected chi connectivity index (χ4v) is 4.04. The average molecular weight is 375 g/mol. The molecule has 1 aromatic heterocycles. The molecule has 1 aliphatic heterocycles. The summed E-state index contributed by atoms with van der Waals surface area (Å²) in [6, 6.07) is 13.6. The fraction of sp³-hybridized carbons (Fsp3) is 0.263. The van der Waals surface area contributed by atoms with Gasteiger partial charge in [0.2, 0.25) is 0 Å². The van der Waals surface area contributed by atoms with Crippen LogP contribution in [0.1, 0.15) is 34.3 Å². The Kier molecular flexibility index (Phi) is 5.68. The molecule has 4 rings (SSSR count). The number of thiazole rings is 1. The normalized spacial score (nSPS) is 14.9. The summed E-state index contributed by atoms with van der Waals surface area (Å²) < 4.78 is 5.61. The van der Waals surface area contributed by atoms with E-state index in [2.05, 4.69) is 10.3 Å². The Morgan fingerprint density at radius 2 is 1.88 bits per heavy atom. The summed E-state index contributed by atoms with van der Waals surface area (Å²) in [5, 5.41) is 8.19. The summed E-state index contributed by atoms with van der Waals surface area (Å²) in [4.78, 5) is 17.0. The molecule has 1 fully saturated rings. The Bertz CT molecular complexity index is 869. The van der Waals surface area contributed by atoms with E-state index in [4.69, 9.17) is 4.74 Å². The van der Waals surface area contributed by atoms with Gasteiger partial charge in [0.25, 0.3) is 0 Å². The van der Waals surface area contributed by atoms with Gasteiger partial charge in [-0.1, -0.05) is 36.4 Å². The van der Waals surface area contributed by atoms with Crippen molar-refractivity contribution >= 4 is 40.5 Å². The van der Waals surface area contributed by atoms with Crippen LogP contribution in [0.3, 0.4) is 0 Å². The van der Waals surface area contributed by atoms with Gasteiger partial charge in [-0.15, -0.1) is 23.7 Å². The first-order valence-corrected chi connectivity index (χ1v) is 9.05. The number of hydrogen-bond acceptors (Lipinski definition) is 5. The third-order valence-corrected chi connectivity index (χ3v) is 5.38. The number of fused-ring (bicyclic) bond motifs is 1. The summed E-state index contributed by atoms with van der Waals surface area (Å²) in [6.45, 7) is 2.03. The minimum Gasteiger partial charge on any atom is -0.421 e. The number of rotatable bonds is 3. The van der Waals surface area contributed by atoms with Gasteiger partial charge in [-0.25, -0.2) is 9.78 Å². The van der Waals surface area contributed by atoms with Crippen molar-refractivity contribution in [2.45, 2.75) is 18.8 Å². The van der Waals surface area contributed by atoms with Crippen LogP contribution in [0, 0.1) is 0 Å². The Morgan fingerprint density at radius 3 is 2.72 bits per heavy atom. The van der Waals surface area contributed by atoms with E-state index in [1.54, 1.807) is 11.3 Å². The standard InChI is InChI=1S/C19H18N2O2S.ClH/c22-19(16-12-24-18(21-16)14-8-10-20-11-9-14)23-17-7-3-5-13-4-1-2-6-15(13)17;/h1-7,12,14,20H,8-11H2;1H.